The average Bonchev–Trinajstić information content (AvgIpc) is 2.38. The molecule has 0 radical (unpaired) electrons. The van der Waals surface area contributed by atoms with E-state index in [2.05, 4.69) is 10.5 Å². The van der Waals surface area contributed by atoms with Gasteiger partial charge in [0.05, 0.1) is 0 Å². The maximum absolute atomic E-state index is 12.2. The third-order valence-corrected chi connectivity index (χ3v) is 3.04. The van der Waals surface area contributed by atoms with Crippen LogP contribution in [-0.2, 0) is 11.2 Å². The minimum absolute atomic E-state index is 0.0512. The van der Waals surface area contributed by atoms with Crippen molar-refractivity contribution in [1.29, 1.82) is 0 Å². The van der Waals surface area contributed by atoms with Gasteiger partial charge in [0.2, 0.25) is 5.91 Å². The van der Waals surface area contributed by atoms with Crippen molar-refractivity contribution in [2.75, 3.05) is 5.32 Å². The summed E-state index contributed by atoms with van der Waals surface area (Å²) in [4.78, 5) is 12.2. The molecule has 5 nitrogen and oxygen atoms in total. The van der Waals surface area contributed by atoms with Crippen LogP contribution in [0.5, 0.6) is 0 Å². The van der Waals surface area contributed by atoms with Crippen LogP contribution in [-0.4, -0.2) is 17.0 Å². The standard InChI is InChI=1S/C14H21N3O2/c1-4-10-7-5-6-8-11(10)16-14(18)12(9(2)3)13(15)17-19/h5-9,12,19H,4H2,1-3H3,(H2,15,17)(H,16,18). The number of carbonyl (C=O) groups excluding carboxylic acids is 1. The van der Waals surface area contributed by atoms with Crippen molar-refractivity contribution in [3.8, 4) is 0 Å². The van der Waals surface area contributed by atoms with Crippen molar-refractivity contribution in [3.05, 3.63) is 29.8 Å². The number of benzene rings is 1. The molecule has 0 bridgehead atoms. The molecule has 0 heterocycles. The highest BCUT2D eigenvalue weighted by atomic mass is 16.4. The van der Waals surface area contributed by atoms with Crippen molar-refractivity contribution < 1.29 is 10.0 Å². The highest BCUT2D eigenvalue weighted by Crippen LogP contribution is 2.19. The summed E-state index contributed by atoms with van der Waals surface area (Å²) >= 11 is 0. The lowest BCUT2D eigenvalue weighted by molar-refractivity contribution is -0.119. The molecule has 1 rings (SSSR count). The lowest BCUT2D eigenvalue weighted by Gasteiger charge is -2.19. The number of carbonyl (C=O) groups is 1. The van der Waals surface area contributed by atoms with Crippen LogP contribution in [0.15, 0.2) is 29.4 Å². The number of rotatable bonds is 5. The number of amides is 1. The Labute approximate surface area is 113 Å². The smallest absolute Gasteiger partial charge is 0.235 e. The number of hydrogen-bond donors (Lipinski definition) is 3. The van der Waals surface area contributed by atoms with E-state index in [1.165, 1.54) is 0 Å². The van der Waals surface area contributed by atoms with Crippen LogP contribution in [0.3, 0.4) is 0 Å². The topological polar surface area (TPSA) is 87.7 Å². The Morgan fingerprint density at radius 1 is 1.42 bits per heavy atom. The van der Waals surface area contributed by atoms with E-state index >= 15 is 0 Å². The molecule has 19 heavy (non-hydrogen) atoms. The third kappa shape index (κ3) is 3.71. The maximum atomic E-state index is 12.2. The summed E-state index contributed by atoms with van der Waals surface area (Å²) in [6.07, 6.45) is 0.826. The molecular formula is C14H21N3O2. The Hall–Kier alpha value is -2.04. The summed E-state index contributed by atoms with van der Waals surface area (Å²) in [5.41, 5.74) is 7.41. The molecule has 4 N–H and O–H groups in total. The summed E-state index contributed by atoms with van der Waals surface area (Å²) in [6.45, 7) is 5.73. The highest BCUT2D eigenvalue weighted by Gasteiger charge is 2.27. The van der Waals surface area contributed by atoms with Gasteiger partial charge in [-0.25, -0.2) is 0 Å². The van der Waals surface area contributed by atoms with Crippen molar-refractivity contribution in [1.82, 2.24) is 0 Å². The number of anilines is 1. The molecule has 0 saturated carbocycles. The third-order valence-electron chi connectivity index (χ3n) is 3.04. The monoisotopic (exact) mass is 263 g/mol. The molecule has 1 atom stereocenters. The van der Waals surface area contributed by atoms with E-state index < -0.39 is 5.92 Å². The molecule has 0 aromatic heterocycles. The van der Waals surface area contributed by atoms with Crippen LogP contribution in [0.25, 0.3) is 0 Å². The molecule has 1 aromatic rings. The van der Waals surface area contributed by atoms with Crippen molar-refractivity contribution in [2.24, 2.45) is 22.7 Å². The lowest BCUT2D eigenvalue weighted by atomic mass is 9.93. The molecule has 1 aromatic carbocycles. The minimum Gasteiger partial charge on any atom is -0.409 e. The number of hydrogen-bond acceptors (Lipinski definition) is 3. The van der Waals surface area contributed by atoms with Crippen molar-refractivity contribution >= 4 is 17.4 Å². The zero-order valence-corrected chi connectivity index (χ0v) is 11.6. The fourth-order valence-corrected chi connectivity index (χ4v) is 2.00. The molecule has 1 unspecified atom stereocenters. The van der Waals surface area contributed by atoms with Gasteiger partial charge in [-0.1, -0.05) is 44.1 Å². The second kappa shape index (κ2) is 6.78. The van der Waals surface area contributed by atoms with Gasteiger partial charge in [0, 0.05) is 5.69 Å². The summed E-state index contributed by atoms with van der Waals surface area (Å²) < 4.78 is 0. The van der Waals surface area contributed by atoms with E-state index in [1.54, 1.807) is 0 Å². The van der Waals surface area contributed by atoms with Crippen LogP contribution >= 0.6 is 0 Å². The Kier molecular flexibility index (Phi) is 5.36. The Morgan fingerprint density at radius 2 is 2.05 bits per heavy atom. The summed E-state index contributed by atoms with van der Waals surface area (Å²) in [5.74, 6) is -1.02. The Bertz CT molecular complexity index is 470. The normalized spacial score (nSPS) is 13.4. The average molecular weight is 263 g/mol. The number of para-hydroxylation sites is 1. The van der Waals surface area contributed by atoms with E-state index in [9.17, 15) is 4.79 Å². The second-order valence-electron chi connectivity index (χ2n) is 4.75. The number of amidine groups is 1. The fraction of sp³-hybridized carbons (Fsp3) is 0.429. The van der Waals surface area contributed by atoms with Crippen LogP contribution in [0.2, 0.25) is 0 Å². The second-order valence-corrected chi connectivity index (χ2v) is 4.75. The zero-order chi connectivity index (χ0) is 14.4. The van der Waals surface area contributed by atoms with E-state index in [0.717, 1.165) is 17.7 Å². The van der Waals surface area contributed by atoms with Gasteiger partial charge in [-0.15, -0.1) is 0 Å². The molecule has 104 valence electrons. The molecular weight excluding hydrogens is 242 g/mol. The molecule has 0 aliphatic heterocycles. The van der Waals surface area contributed by atoms with E-state index in [4.69, 9.17) is 10.9 Å². The number of oxime groups is 1. The van der Waals surface area contributed by atoms with E-state index in [1.807, 2.05) is 45.0 Å². The van der Waals surface area contributed by atoms with Gasteiger partial charge in [0.25, 0.3) is 0 Å². The first-order valence-corrected chi connectivity index (χ1v) is 6.37. The lowest BCUT2D eigenvalue weighted by Crippen LogP contribution is -2.38. The van der Waals surface area contributed by atoms with E-state index in [-0.39, 0.29) is 17.7 Å². The van der Waals surface area contributed by atoms with Crippen LogP contribution in [0, 0.1) is 11.8 Å². The fourth-order valence-electron chi connectivity index (χ4n) is 2.00. The SMILES string of the molecule is CCc1ccccc1NC(=O)C(C(N)=NO)C(C)C. The predicted molar refractivity (Wildman–Crippen MR) is 76.2 cm³/mol. The molecule has 0 aliphatic carbocycles. The molecule has 1 amide bonds. The Balaban J connectivity index is 2.94. The minimum atomic E-state index is -0.644. The summed E-state index contributed by atoms with van der Waals surface area (Å²) in [6, 6.07) is 7.60. The summed E-state index contributed by atoms with van der Waals surface area (Å²) in [7, 11) is 0. The van der Waals surface area contributed by atoms with E-state index in [0.29, 0.717) is 0 Å². The number of nitrogens with two attached hydrogens (primary N) is 1. The van der Waals surface area contributed by atoms with Crippen LogP contribution in [0.1, 0.15) is 26.3 Å². The molecule has 0 aliphatic rings. The summed E-state index contributed by atoms with van der Waals surface area (Å²) in [5, 5.41) is 14.5. The molecule has 0 spiro atoms. The first-order valence-electron chi connectivity index (χ1n) is 6.37. The Morgan fingerprint density at radius 3 is 2.58 bits per heavy atom. The predicted octanol–water partition coefficient (Wildman–Crippen LogP) is 2.21. The van der Waals surface area contributed by atoms with Crippen molar-refractivity contribution in [2.45, 2.75) is 27.2 Å². The number of aryl methyl sites for hydroxylation is 1. The largest absolute Gasteiger partial charge is 0.409 e. The molecule has 0 saturated heterocycles. The van der Waals surface area contributed by atoms with Gasteiger partial charge in [-0.2, -0.15) is 0 Å². The molecule has 0 fully saturated rings. The highest BCUT2D eigenvalue weighted by molar-refractivity contribution is 6.08. The van der Waals surface area contributed by atoms with Gasteiger partial charge < -0.3 is 16.3 Å². The van der Waals surface area contributed by atoms with Gasteiger partial charge in [0.1, 0.15) is 5.92 Å². The van der Waals surface area contributed by atoms with Gasteiger partial charge >= 0.3 is 0 Å². The number of nitrogens with zero attached hydrogens (tertiary/aromatic N) is 1. The van der Waals surface area contributed by atoms with Crippen LogP contribution in [0.4, 0.5) is 5.69 Å². The van der Waals surface area contributed by atoms with Gasteiger partial charge in [-0.3, -0.25) is 4.79 Å². The van der Waals surface area contributed by atoms with Crippen molar-refractivity contribution in [3.63, 3.8) is 0 Å². The molecule has 5 heteroatoms. The quantitative estimate of drug-likeness (QED) is 0.329. The first-order chi connectivity index (χ1) is 9.01. The maximum Gasteiger partial charge on any atom is 0.235 e. The first kappa shape index (κ1) is 15.0. The van der Waals surface area contributed by atoms with Crippen LogP contribution < -0.4 is 11.1 Å². The zero-order valence-electron chi connectivity index (χ0n) is 11.6. The van der Waals surface area contributed by atoms with Gasteiger partial charge in [0.15, 0.2) is 5.84 Å². The number of nitrogens with one attached hydrogen (secondary N) is 1. The van der Waals surface area contributed by atoms with Gasteiger partial charge in [-0.05, 0) is 24.0 Å².